The van der Waals surface area contributed by atoms with Crippen molar-refractivity contribution in [1.82, 2.24) is 0 Å². The largest absolute Gasteiger partial charge is 0.423 e. The fourth-order valence-corrected chi connectivity index (χ4v) is 7.95. The van der Waals surface area contributed by atoms with Gasteiger partial charge in [0.25, 0.3) is 0 Å². The summed E-state index contributed by atoms with van der Waals surface area (Å²) < 4.78 is 11.3. The molecule has 0 atom stereocenters. The van der Waals surface area contributed by atoms with E-state index in [1.54, 1.807) is 42.8 Å². The van der Waals surface area contributed by atoms with E-state index in [4.69, 9.17) is 21.1 Å². The van der Waals surface area contributed by atoms with E-state index >= 15 is 0 Å². The highest BCUT2D eigenvalue weighted by Gasteiger charge is 2.15. The van der Waals surface area contributed by atoms with E-state index in [0.29, 0.717) is 11.1 Å². The van der Waals surface area contributed by atoms with Gasteiger partial charge in [0.1, 0.15) is 5.75 Å². The minimum Gasteiger partial charge on any atom is -0.423 e. The maximum Gasteiger partial charge on any atom is 0.343 e. The van der Waals surface area contributed by atoms with Crippen LogP contribution in [0.4, 0.5) is 11.4 Å². The van der Waals surface area contributed by atoms with Gasteiger partial charge in [-0.25, -0.2) is 9.59 Å². The van der Waals surface area contributed by atoms with Crippen molar-refractivity contribution in [2.45, 2.75) is 155 Å². The van der Waals surface area contributed by atoms with E-state index < -0.39 is 11.9 Å². The molecule has 0 aliphatic heterocycles. The summed E-state index contributed by atoms with van der Waals surface area (Å²) >= 11 is 6.39. The SMILES string of the molecule is CCCCCCCCCCCCc1ccc(N=Cc2ccc(C(=O)Oc3ccc(Cl)c(OC(=O)c4ccc(C=Nc5ccc(CCCCCCCCCCCC)cc5)cc4)c3)cc2)cc1. The monoisotopic (exact) mass is 895 g/mol. The van der Waals surface area contributed by atoms with Gasteiger partial charge in [-0.3, -0.25) is 9.98 Å². The van der Waals surface area contributed by atoms with E-state index in [1.165, 1.54) is 152 Å². The molecule has 0 fully saturated rings. The smallest absolute Gasteiger partial charge is 0.343 e. The van der Waals surface area contributed by atoms with Crippen LogP contribution in [0.1, 0.15) is 185 Å². The van der Waals surface area contributed by atoms with Crippen LogP contribution in [0.2, 0.25) is 5.02 Å². The van der Waals surface area contributed by atoms with Crippen molar-refractivity contribution < 1.29 is 19.1 Å². The molecule has 0 radical (unpaired) electrons. The lowest BCUT2D eigenvalue weighted by atomic mass is 10.0. The van der Waals surface area contributed by atoms with Crippen molar-refractivity contribution in [2.24, 2.45) is 9.98 Å². The summed E-state index contributed by atoms with van der Waals surface area (Å²) in [7, 11) is 0. The molecule has 0 N–H and O–H groups in total. The van der Waals surface area contributed by atoms with Crippen molar-refractivity contribution >= 4 is 47.3 Å². The van der Waals surface area contributed by atoms with Gasteiger partial charge in [-0.15, -0.1) is 0 Å². The topological polar surface area (TPSA) is 77.3 Å². The summed E-state index contributed by atoms with van der Waals surface area (Å²) in [5, 5.41) is 0.212. The molecule has 0 bridgehead atoms. The van der Waals surface area contributed by atoms with Crippen LogP contribution in [-0.4, -0.2) is 24.4 Å². The fraction of sp³-hybridized carbons (Fsp3) is 0.414. The summed E-state index contributed by atoms with van der Waals surface area (Å²) in [6.07, 6.45) is 32.6. The summed E-state index contributed by atoms with van der Waals surface area (Å²) in [6.45, 7) is 4.54. The summed E-state index contributed by atoms with van der Waals surface area (Å²) in [5.41, 5.74) is 6.86. The van der Waals surface area contributed by atoms with E-state index in [-0.39, 0.29) is 16.5 Å². The molecule has 0 aliphatic rings. The number of carbonyl (C=O) groups excluding carboxylic acids is 2. The molecule has 0 saturated carbocycles. The Labute approximate surface area is 395 Å². The third-order valence-electron chi connectivity index (χ3n) is 11.8. The third kappa shape index (κ3) is 19.8. The number of rotatable bonds is 30. The quantitative estimate of drug-likeness (QED) is 0.0199. The number of nitrogens with zero attached hydrogens (tertiary/aromatic N) is 2. The molecule has 0 aliphatic carbocycles. The second-order valence-electron chi connectivity index (χ2n) is 17.3. The number of carbonyl (C=O) groups is 2. The third-order valence-corrected chi connectivity index (χ3v) is 12.2. The van der Waals surface area contributed by atoms with Gasteiger partial charge in [0.05, 0.1) is 27.5 Å². The van der Waals surface area contributed by atoms with Gasteiger partial charge in [0.15, 0.2) is 5.75 Å². The number of hydrogen-bond acceptors (Lipinski definition) is 6. The van der Waals surface area contributed by atoms with Crippen LogP contribution in [-0.2, 0) is 12.8 Å². The van der Waals surface area contributed by atoms with Crippen molar-refractivity contribution in [3.63, 3.8) is 0 Å². The number of ether oxygens (including phenoxy) is 2. The van der Waals surface area contributed by atoms with Crippen LogP contribution >= 0.6 is 11.6 Å². The van der Waals surface area contributed by atoms with E-state index in [9.17, 15) is 9.59 Å². The molecule has 0 aromatic heterocycles. The van der Waals surface area contributed by atoms with Gasteiger partial charge in [0, 0.05) is 18.5 Å². The standard InChI is InChI=1S/C58H71ClN2O4/c1-3-5-7-9-11-13-15-17-19-21-23-46-29-37-52(38-30-46)60-44-48-25-33-50(34-26-48)57(62)64-54-41-42-55(59)56(43-54)65-58(63)51-35-27-49(28-36-51)45-61-53-39-31-47(32-40-53)24-22-20-18-16-14-12-10-8-6-4-2/h25-45H,3-24H2,1-2H3. The molecule has 5 aromatic carbocycles. The first-order chi connectivity index (χ1) is 31.9. The van der Waals surface area contributed by atoms with Crippen LogP contribution in [0.3, 0.4) is 0 Å². The number of halogens is 1. The Bertz CT molecular complexity index is 2180. The zero-order chi connectivity index (χ0) is 45.7. The van der Waals surface area contributed by atoms with Gasteiger partial charge in [-0.1, -0.05) is 190 Å². The number of aliphatic imine (C=N–C) groups is 2. The molecular weight excluding hydrogens is 824 g/mol. The summed E-state index contributed by atoms with van der Waals surface area (Å²) in [4.78, 5) is 35.4. The number of esters is 2. The van der Waals surface area contributed by atoms with Crippen LogP contribution in [0, 0.1) is 0 Å². The van der Waals surface area contributed by atoms with Crippen molar-refractivity contribution in [1.29, 1.82) is 0 Å². The molecular formula is C58H71ClN2O4. The summed E-state index contributed by atoms with van der Waals surface area (Å²) in [6, 6.07) is 35.4. The Morgan fingerprint density at radius 2 is 0.815 bits per heavy atom. The van der Waals surface area contributed by atoms with Gasteiger partial charge in [-0.2, -0.15) is 0 Å². The predicted molar refractivity (Wildman–Crippen MR) is 273 cm³/mol. The van der Waals surface area contributed by atoms with Crippen LogP contribution in [0.5, 0.6) is 11.5 Å². The first kappa shape index (κ1) is 50.7. The van der Waals surface area contributed by atoms with Gasteiger partial charge >= 0.3 is 11.9 Å². The highest BCUT2D eigenvalue weighted by atomic mass is 35.5. The lowest BCUT2D eigenvalue weighted by Crippen LogP contribution is -2.10. The van der Waals surface area contributed by atoms with Crippen LogP contribution in [0.25, 0.3) is 0 Å². The zero-order valence-corrected chi connectivity index (χ0v) is 39.8. The minimum absolute atomic E-state index is 0.0858. The lowest BCUT2D eigenvalue weighted by Gasteiger charge is -2.10. The molecule has 6 nitrogen and oxygen atoms in total. The molecule has 7 heteroatoms. The van der Waals surface area contributed by atoms with Gasteiger partial charge in [0.2, 0.25) is 0 Å². The number of benzene rings is 5. The van der Waals surface area contributed by atoms with E-state index in [0.717, 1.165) is 35.3 Å². The van der Waals surface area contributed by atoms with Crippen molar-refractivity contribution in [3.8, 4) is 11.5 Å². The normalized spacial score (nSPS) is 11.4. The van der Waals surface area contributed by atoms with Crippen LogP contribution < -0.4 is 9.47 Å². The molecule has 0 amide bonds. The first-order valence-corrected chi connectivity index (χ1v) is 25.0. The zero-order valence-electron chi connectivity index (χ0n) is 39.1. The van der Waals surface area contributed by atoms with Gasteiger partial charge < -0.3 is 9.47 Å². The Kier molecular flexibility index (Phi) is 23.4. The van der Waals surface area contributed by atoms with Crippen molar-refractivity contribution in [3.05, 3.63) is 154 Å². The maximum atomic E-state index is 13.1. The Balaban J connectivity index is 1.01. The molecule has 0 spiro atoms. The average molecular weight is 896 g/mol. The van der Waals surface area contributed by atoms with Crippen molar-refractivity contribution in [2.75, 3.05) is 0 Å². The molecule has 0 unspecified atom stereocenters. The second-order valence-corrected chi connectivity index (χ2v) is 17.7. The Morgan fingerprint density at radius 1 is 0.446 bits per heavy atom. The molecule has 5 rings (SSSR count). The maximum absolute atomic E-state index is 13.1. The highest BCUT2D eigenvalue weighted by molar-refractivity contribution is 6.32. The van der Waals surface area contributed by atoms with E-state index in [2.05, 4.69) is 72.4 Å². The lowest BCUT2D eigenvalue weighted by molar-refractivity contribution is 0.0733. The average Bonchev–Trinajstić information content (AvgIpc) is 3.33. The molecule has 0 saturated heterocycles. The molecule has 65 heavy (non-hydrogen) atoms. The van der Waals surface area contributed by atoms with E-state index in [1.807, 2.05) is 24.3 Å². The first-order valence-electron chi connectivity index (χ1n) is 24.6. The predicted octanol–water partition coefficient (Wildman–Crippen LogP) is 17.2. The number of hydrogen-bond donors (Lipinski definition) is 0. The highest BCUT2D eigenvalue weighted by Crippen LogP contribution is 2.30. The second kappa shape index (κ2) is 30.0. The molecule has 344 valence electrons. The molecule has 0 heterocycles. The molecule has 5 aromatic rings. The number of aryl methyl sites for hydroxylation is 2. The summed E-state index contributed by atoms with van der Waals surface area (Å²) in [5.74, 6) is -0.858. The van der Waals surface area contributed by atoms with Gasteiger partial charge in [-0.05, 0) is 109 Å². The minimum atomic E-state index is -0.589. The Morgan fingerprint density at radius 3 is 1.22 bits per heavy atom. The Hall–Kier alpha value is -5.33. The fourth-order valence-electron chi connectivity index (χ4n) is 7.79. The van der Waals surface area contributed by atoms with Crippen LogP contribution in [0.15, 0.2) is 125 Å². The number of unbranched alkanes of at least 4 members (excludes halogenated alkanes) is 18.